The number of hydrogen-bond acceptors (Lipinski definition) is 8. The molecule has 0 spiro atoms. The van der Waals surface area contributed by atoms with Crippen LogP contribution in [0.15, 0.2) is 0 Å². The molecule has 8 heteroatoms. The molecule has 4 atom stereocenters. The summed E-state index contributed by atoms with van der Waals surface area (Å²) in [7, 11) is 3.92. The van der Waals surface area contributed by atoms with Crippen LogP contribution in [-0.4, -0.2) is 72.5 Å². The van der Waals surface area contributed by atoms with Crippen molar-refractivity contribution in [1.29, 1.82) is 0 Å². The van der Waals surface area contributed by atoms with Crippen LogP contribution in [0, 0.1) is 0 Å². The summed E-state index contributed by atoms with van der Waals surface area (Å²) in [6, 6.07) is 0. The van der Waals surface area contributed by atoms with Crippen LogP contribution >= 0.6 is 45.1 Å². The van der Waals surface area contributed by atoms with Gasteiger partial charge < -0.3 is 18.9 Å². The number of ether oxygens (including phenoxy) is 4. The van der Waals surface area contributed by atoms with Crippen molar-refractivity contribution in [3.05, 3.63) is 0 Å². The molecule has 116 valence electrons. The van der Waals surface area contributed by atoms with E-state index in [0.29, 0.717) is 13.2 Å². The molecule has 5 saturated heterocycles. The van der Waals surface area contributed by atoms with Crippen molar-refractivity contribution in [3.63, 3.8) is 0 Å². The van der Waals surface area contributed by atoms with Crippen molar-refractivity contribution in [2.24, 2.45) is 0 Å². The first-order chi connectivity index (χ1) is 9.92. The van der Waals surface area contributed by atoms with Crippen LogP contribution in [0.4, 0.5) is 0 Å². The zero-order chi connectivity index (χ0) is 13.6. The van der Waals surface area contributed by atoms with Gasteiger partial charge in [0.1, 0.15) is 12.2 Å². The monoisotopic (exact) mass is 356 g/mol. The minimum atomic E-state index is -0.107. The molecule has 5 rings (SSSR count). The van der Waals surface area contributed by atoms with Gasteiger partial charge in [0.15, 0.2) is 12.6 Å². The maximum absolute atomic E-state index is 5.93. The first kappa shape index (κ1) is 16.1. The normalized spacial score (nSPS) is 40.8. The third-order valence-corrected chi connectivity index (χ3v) is 8.10. The molecule has 20 heavy (non-hydrogen) atoms. The van der Waals surface area contributed by atoms with Crippen molar-refractivity contribution >= 4 is 45.1 Å². The van der Waals surface area contributed by atoms with Crippen molar-refractivity contribution in [1.82, 2.24) is 0 Å². The third kappa shape index (κ3) is 4.87. The minimum Gasteiger partial charge on any atom is -0.349 e. The second-order valence-electron chi connectivity index (χ2n) is 4.67. The summed E-state index contributed by atoms with van der Waals surface area (Å²) >= 11 is 3.80. The van der Waals surface area contributed by atoms with E-state index in [1.54, 1.807) is 0 Å². The minimum absolute atomic E-state index is 0.0356. The Balaban J connectivity index is 1.53. The highest BCUT2D eigenvalue weighted by molar-refractivity contribution is 8.76. The number of fused-ring (bicyclic) bond motifs is 2. The molecule has 0 aromatic carbocycles. The lowest BCUT2D eigenvalue weighted by Gasteiger charge is -2.41. The molecule has 0 unspecified atom stereocenters. The fraction of sp³-hybridized carbons (Fsp3) is 1.00. The Morgan fingerprint density at radius 3 is 1.65 bits per heavy atom. The van der Waals surface area contributed by atoms with Crippen LogP contribution in [0.3, 0.4) is 0 Å². The van der Waals surface area contributed by atoms with Crippen LogP contribution in [0.5, 0.6) is 0 Å². The Morgan fingerprint density at radius 1 is 0.650 bits per heavy atom. The van der Waals surface area contributed by atoms with Crippen LogP contribution in [0.1, 0.15) is 0 Å². The molecule has 4 nitrogen and oxygen atoms in total. The summed E-state index contributed by atoms with van der Waals surface area (Å²) in [5.74, 6) is 6.47. The van der Waals surface area contributed by atoms with Gasteiger partial charge in [0.25, 0.3) is 0 Å². The average Bonchev–Trinajstić information content (AvgIpc) is 2.47. The molecule has 5 heterocycles. The molecular formula is C12H20O4S4. The van der Waals surface area contributed by atoms with E-state index >= 15 is 0 Å². The van der Waals surface area contributed by atoms with Gasteiger partial charge in [0.05, 0.1) is 13.2 Å². The SMILES string of the molecule is C1CSSCCSC[C@H]2OC[C@H]3O[C@@H](CS1)OC[C@H]3O2. The molecule has 4 bridgehead atoms. The van der Waals surface area contributed by atoms with Gasteiger partial charge in [0, 0.05) is 34.5 Å². The standard InChI is InChI=1S/C12H20O4S4/c1-3-19-20-4-2-18-8-12-14-6-9-10(16-12)5-13-11(15-9)7-17-1/h9-12H,1-8H2/t9-,10-,11+,12+/m1/s1. The summed E-state index contributed by atoms with van der Waals surface area (Å²) in [6.45, 7) is 1.26. The predicted molar refractivity (Wildman–Crippen MR) is 88.8 cm³/mol. The molecule has 0 aromatic rings. The molecule has 0 aliphatic carbocycles. The fourth-order valence-electron chi connectivity index (χ4n) is 2.18. The van der Waals surface area contributed by atoms with Crippen LogP contribution in [0.2, 0.25) is 0 Å². The Bertz CT molecular complexity index is 265. The van der Waals surface area contributed by atoms with Gasteiger partial charge in [0.2, 0.25) is 0 Å². The Labute approximate surface area is 136 Å². The summed E-state index contributed by atoms with van der Waals surface area (Å²) in [5.41, 5.74) is 0. The predicted octanol–water partition coefficient (Wildman–Crippen LogP) is 2.33. The van der Waals surface area contributed by atoms with E-state index in [4.69, 9.17) is 18.9 Å². The van der Waals surface area contributed by atoms with Crippen molar-refractivity contribution in [2.45, 2.75) is 24.8 Å². The van der Waals surface area contributed by atoms with E-state index in [9.17, 15) is 0 Å². The van der Waals surface area contributed by atoms with Crippen LogP contribution in [-0.2, 0) is 18.9 Å². The lowest BCUT2D eigenvalue weighted by Crippen LogP contribution is -2.54. The van der Waals surface area contributed by atoms with E-state index in [2.05, 4.69) is 0 Å². The Hall–Kier alpha value is 1.24. The van der Waals surface area contributed by atoms with Crippen molar-refractivity contribution in [2.75, 3.05) is 47.7 Å². The zero-order valence-electron chi connectivity index (χ0n) is 11.2. The van der Waals surface area contributed by atoms with Crippen molar-refractivity contribution in [3.8, 4) is 0 Å². The van der Waals surface area contributed by atoms with Gasteiger partial charge in [-0.05, 0) is 0 Å². The lowest BCUT2D eigenvalue weighted by molar-refractivity contribution is -0.326. The number of hydrogen-bond donors (Lipinski definition) is 0. The average molecular weight is 357 g/mol. The number of rotatable bonds is 0. The maximum atomic E-state index is 5.93. The van der Waals surface area contributed by atoms with Gasteiger partial charge in [-0.1, -0.05) is 21.6 Å². The van der Waals surface area contributed by atoms with E-state index < -0.39 is 0 Å². The smallest absolute Gasteiger partial charge is 0.167 e. The van der Waals surface area contributed by atoms with E-state index in [0.717, 1.165) is 23.0 Å². The molecular weight excluding hydrogens is 336 g/mol. The second-order valence-corrected chi connectivity index (χ2v) is 9.67. The highest BCUT2D eigenvalue weighted by Crippen LogP contribution is 2.28. The maximum Gasteiger partial charge on any atom is 0.167 e. The van der Waals surface area contributed by atoms with E-state index in [1.807, 2.05) is 45.1 Å². The molecule has 0 radical (unpaired) electrons. The fourth-order valence-corrected chi connectivity index (χ4v) is 6.90. The first-order valence-electron chi connectivity index (χ1n) is 6.86. The molecule has 0 amide bonds. The topological polar surface area (TPSA) is 36.9 Å². The summed E-state index contributed by atoms with van der Waals surface area (Å²) in [6.07, 6.45) is -0.142. The molecule has 5 aliphatic rings. The summed E-state index contributed by atoms with van der Waals surface area (Å²) in [4.78, 5) is 0. The molecule has 0 N–H and O–H groups in total. The van der Waals surface area contributed by atoms with Gasteiger partial charge in [-0.3, -0.25) is 0 Å². The summed E-state index contributed by atoms with van der Waals surface area (Å²) in [5, 5.41) is 0. The molecule has 5 fully saturated rings. The highest BCUT2D eigenvalue weighted by atomic mass is 33.1. The van der Waals surface area contributed by atoms with Crippen LogP contribution in [0.25, 0.3) is 0 Å². The zero-order valence-corrected chi connectivity index (χ0v) is 14.5. The van der Waals surface area contributed by atoms with Gasteiger partial charge in [-0.15, -0.1) is 0 Å². The van der Waals surface area contributed by atoms with Gasteiger partial charge >= 0.3 is 0 Å². The van der Waals surface area contributed by atoms with Crippen molar-refractivity contribution < 1.29 is 18.9 Å². The lowest BCUT2D eigenvalue weighted by atomic mass is 10.2. The number of thioether (sulfide) groups is 2. The first-order valence-corrected chi connectivity index (χ1v) is 11.7. The van der Waals surface area contributed by atoms with Gasteiger partial charge in [-0.2, -0.15) is 23.5 Å². The largest absolute Gasteiger partial charge is 0.349 e. The van der Waals surface area contributed by atoms with E-state index in [1.165, 1.54) is 11.5 Å². The quantitative estimate of drug-likeness (QED) is 0.612. The highest BCUT2D eigenvalue weighted by Gasteiger charge is 2.38. The third-order valence-electron chi connectivity index (χ3n) is 3.17. The van der Waals surface area contributed by atoms with Crippen LogP contribution < -0.4 is 0 Å². The summed E-state index contributed by atoms with van der Waals surface area (Å²) < 4.78 is 23.4. The van der Waals surface area contributed by atoms with E-state index in [-0.39, 0.29) is 24.8 Å². The Morgan fingerprint density at radius 2 is 1.15 bits per heavy atom. The molecule has 0 saturated carbocycles. The second kappa shape index (κ2) is 8.76. The molecule has 5 aliphatic heterocycles. The molecule has 0 aromatic heterocycles. The van der Waals surface area contributed by atoms with Gasteiger partial charge in [-0.25, -0.2) is 0 Å². The Kier molecular flexibility index (Phi) is 7.06.